The van der Waals surface area contributed by atoms with Crippen molar-refractivity contribution in [1.82, 2.24) is 15.4 Å². The standard InChI is InChI=1S/C20H22N4O4/c1-24(14-9-11-15(27-2)12-10-14)19-16-6-3-4-7-17(16)21-20(22-19)28-13-5-8-18(25)23-26/h3-4,6-7,9-12,26H,5,8,13H2,1-2H3,(H,23,25). The molecule has 0 aliphatic rings. The fourth-order valence-electron chi connectivity index (χ4n) is 2.74. The van der Waals surface area contributed by atoms with Crippen LogP contribution < -0.4 is 19.9 Å². The Morgan fingerprint density at radius 3 is 2.61 bits per heavy atom. The molecule has 1 heterocycles. The van der Waals surface area contributed by atoms with Gasteiger partial charge < -0.3 is 14.4 Å². The maximum atomic E-state index is 11.1. The summed E-state index contributed by atoms with van der Waals surface area (Å²) in [7, 11) is 3.55. The fraction of sp³-hybridized carbons (Fsp3) is 0.250. The van der Waals surface area contributed by atoms with Gasteiger partial charge in [0.15, 0.2) is 0 Å². The van der Waals surface area contributed by atoms with Gasteiger partial charge in [0, 0.05) is 24.5 Å². The molecule has 3 rings (SSSR count). The predicted octanol–water partition coefficient (Wildman–Crippen LogP) is 3.07. The Kier molecular flexibility index (Phi) is 6.23. The summed E-state index contributed by atoms with van der Waals surface area (Å²) in [4.78, 5) is 22.0. The number of para-hydroxylation sites is 1. The highest BCUT2D eigenvalue weighted by atomic mass is 16.5. The third-order valence-corrected chi connectivity index (χ3v) is 4.24. The minimum Gasteiger partial charge on any atom is -0.497 e. The molecule has 0 fully saturated rings. The molecule has 8 nitrogen and oxygen atoms in total. The summed E-state index contributed by atoms with van der Waals surface area (Å²) in [6.07, 6.45) is 0.592. The first-order chi connectivity index (χ1) is 13.6. The molecule has 0 saturated carbocycles. The number of methoxy groups -OCH3 is 1. The first-order valence-electron chi connectivity index (χ1n) is 8.82. The van der Waals surface area contributed by atoms with Crippen LogP contribution in [0.2, 0.25) is 0 Å². The summed E-state index contributed by atoms with van der Waals surface area (Å²) in [6, 6.07) is 15.6. The van der Waals surface area contributed by atoms with E-state index in [1.54, 1.807) is 12.6 Å². The maximum absolute atomic E-state index is 11.1. The third kappa shape index (κ3) is 4.47. The number of anilines is 2. The topological polar surface area (TPSA) is 96.8 Å². The van der Waals surface area contributed by atoms with Crippen LogP contribution in [0.1, 0.15) is 12.8 Å². The molecule has 0 unspecified atom stereocenters. The van der Waals surface area contributed by atoms with Gasteiger partial charge in [-0.2, -0.15) is 9.97 Å². The number of hydrogen-bond acceptors (Lipinski definition) is 7. The van der Waals surface area contributed by atoms with Crippen molar-refractivity contribution in [3.05, 3.63) is 48.5 Å². The SMILES string of the molecule is COc1ccc(N(C)c2nc(OCCCC(=O)NO)nc3ccccc23)cc1. The quantitative estimate of drug-likeness (QED) is 0.351. The lowest BCUT2D eigenvalue weighted by molar-refractivity contribution is -0.129. The summed E-state index contributed by atoms with van der Waals surface area (Å²) >= 11 is 0. The zero-order chi connectivity index (χ0) is 19.9. The van der Waals surface area contributed by atoms with Crippen LogP contribution in [-0.2, 0) is 4.79 Å². The molecule has 28 heavy (non-hydrogen) atoms. The number of carbonyl (C=O) groups excluding carboxylic acids is 1. The van der Waals surface area contributed by atoms with E-state index in [1.807, 2.05) is 60.5 Å². The van der Waals surface area contributed by atoms with Gasteiger partial charge in [0.1, 0.15) is 11.6 Å². The second-order valence-electron chi connectivity index (χ2n) is 6.09. The number of amides is 1. The van der Waals surface area contributed by atoms with Gasteiger partial charge in [-0.3, -0.25) is 10.0 Å². The van der Waals surface area contributed by atoms with Gasteiger partial charge in [0.25, 0.3) is 0 Å². The lowest BCUT2D eigenvalue weighted by Gasteiger charge is -2.21. The van der Waals surface area contributed by atoms with E-state index in [1.165, 1.54) is 0 Å². The van der Waals surface area contributed by atoms with Crippen molar-refractivity contribution in [2.75, 3.05) is 25.7 Å². The van der Waals surface area contributed by atoms with Gasteiger partial charge in [-0.05, 0) is 42.8 Å². The number of fused-ring (bicyclic) bond motifs is 1. The van der Waals surface area contributed by atoms with Crippen LogP contribution in [0.5, 0.6) is 11.8 Å². The number of nitrogens with zero attached hydrogens (tertiary/aromatic N) is 3. The number of nitrogens with one attached hydrogen (secondary N) is 1. The Labute approximate surface area is 162 Å². The minimum absolute atomic E-state index is 0.155. The van der Waals surface area contributed by atoms with Gasteiger partial charge in [0.2, 0.25) is 5.91 Å². The van der Waals surface area contributed by atoms with Crippen LogP contribution in [0.15, 0.2) is 48.5 Å². The number of hydroxylamine groups is 1. The van der Waals surface area contributed by atoms with E-state index < -0.39 is 5.91 Å². The van der Waals surface area contributed by atoms with Gasteiger partial charge in [-0.25, -0.2) is 5.48 Å². The van der Waals surface area contributed by atoms with E-state index in [2.05, 4.69) is 9.97 Å². The molecule has 0 aliphatic heterocycles. The second-order valence-corrected chi connectivity index (χ2v) is 6.09. The number of aromatic nitrogens is 2. The largest absolute Gasteiger partial charge is 0.497 e. The van der Waals surface area contributed by atoms with E-state index in [4.69, 9.17) is 14.7 Å². The van der Waals surface area contributed by atoms with Gasteiger partial charge in [-0.1, -0.05) is 12.1 Å². The summed E-state index contributed by atoms with van der Waals surface area (Å²) in [6.45, 7) is 0.261. The third-order valence-electron chi connectivity index (χ3n) is 4.24. The van der Waals surface area contributed by atoms with Crippen molar-refractivity contribution >= 4 is 28.3 Å². The van der Waals surface area contributed by atoms with Crippen LogP contribution in [0.3, 0.4) is 0 Å². The molecule has 3 aromatic rings. The average Bonchev–Trinajstić information content (AvgIpc) is 2.75. The molecule has 2 N–H and O–H groups in total. The van der Waals surface area contributed by atoms with Crippen molar-refractivity contribution in [2.45, 2.75) is 12.8 Å². The van der Waals surface area contributed by atoms with E-state index in [0.29, 0.717) is 12.2 Å². The smallest absolute Gasteiger partial charge is 0.318 e. The Morgan fingerprint density at radius 1 is 1.14 bits per heavy atom. The predicted molar refractivity (Wildman–Crippen MR) is 105 cm³/mol. The molecule has 0 bridgehead atoms. The zero-order valence-corrected chi connectivity index (χ0v) is 15.8. The summed E-state index contributed by atoms with van der Waals surface area (Å²) in [5, 5.41) is 9.43. The first-order valence-corrected chi connectivity index (χ1v) is 8.82. The average molecular weight is 382 g/mol. The van der Waals surface area contributed by atoms with Crippen LogP contribution in [0.4, 0.5) is 11.5 Å². The minimum atomic E-state index is -0.456. The highest BCUT2D eigenvalue weighted by Gasteiger charge is 2.14. The molecular weight excluding hydrogens is 360 g/mol. The molecule has 0 saturated heterocycles. The van der Waals surface area contributed by atoms with Gasteiger partial charge in [-0.15, -0.1) is 0 Å². The summed E-state index contributed by atoms with van der Waals surface area (Å²) < 4.78 is 10.9. The van der Waals surface area contributed by atoms with Gasteiger partial charge in [0.05, 0.1) is 19.2 Å². The second kappa shape index (κ2) is 9.01. The van der Waals surface area contributed by atoms with Crippen molar-refractivity contribution in [3.63, 3.8) is 0 Å². The Balaban J connectivity index is 1.86. The molecule has 146 valence electrons. The number of carbonyl (C=O) groups is 1. The molecule has 1 aromatic heterocycles. The Morgan fingerprint density at radius 2 is 1.89 bits per heavy atom. The number of ether oxygens (including phenoxy) is 2. The Bertz CT molecular complexity index is 947. The van der Waals surface area contributed by atoms with Crippen molar-refractivity contribution in [2.24, 2.45) is 0 Å². The fourth-order valence-corrected chi connectivity index (χ4v) is 2.74. The van der Waals surface area contributed by atoms with E-state index in [-0.39, 0.29) is 19.0 Å². The van der Waals surface area contributed by atoms with Gasteiger partial charge >= 0.3 is 6.01 Å². The summed E-state index contributed by atoms with van der Waals surface area (Å²) in [5.41, 5.74) is 3.30. The normalized spacial score (nSPS) is 10.5. The van der Waals surface area contributed by atoms with Crippen LogP contribution in [0.25, 0.3) is 10.9 Å². The molecule has 0 spiro atoms. The first kappa shape index (κ1) is 19.4. The maximum Gasteiger partial charge on any atom is 0.318 e. The number of benzene rings is 2. The van der Waals surface area contributed by atoms with E-state index in [9.17, 15) is 4.79 Å². The molecular formula is C20H22N4O4. The van der Waals surface area contributed by atoms with Crippen molar-refractivity contribution < 1.29 is 19.5 Å². The lowest BCUT2D eigenvalue weighted by atomic mass is 10.2. The molecule has 0 aliphatic carbocycles. The highest BCUT2D eigenvalue weighted by molar-refractivity contribution is 5.91. The number of rotatable bonds is 8. The van der Waals surface area contributed by atoms with Crippen molar-refractivity contribution in [1.29, 1.82) is 0 Å². The molecule has 0 atom stereocenters. The monoisotopic (exact) mass is 382 g/mol. The van der Waals surface area contributed by atoms with Crippen LogP contribution in [0, 0.1) is 0 Å². The van der Waals surface area contributed by atoms with Crippen LogP contribution in [-0.4, -0.2) is 41.8 Å². The highest BCUT2D eigenvalue weighted by Crippen LogP contribution is 2.31. The molecule has 2 aromatic carbocycles. The Hall–Kier alpha value is -3.39. The lowest BCUT2D eigenvalue weighted by Crippen LogP contribution is -2.19. The number of hydrogen-bond donors (Lipinski definition) is 2. The van der Waals surface area contributed by atoms with E-state index in [0.717, 1.165) is 22.3 Å². The van der Waals surface area contributed by atoms with Crippen molar-refractivity contribution in [3.8, 4) is 11.8 Å². The zero-order valence-electron chi connectivity index (χ0n) is 15.8. The molecule has 0 radical (unpaired) electrons. The summed E-state index contributed by atoms with van der Waals surface area (Å²) in [5.74, 6) is 1.03. The molecule has 1 amide bonds. The molecule has 8 heteroatoms. The van der Waals surface area contributed by atoms with E-state index >= 15 is 0 Å². The van der Waals surface area contributed by atoms with Crippen LogP contribution >= 0.6 is 0 Å².